The lowest BCUT2D eigenvalue weighted by atomic mass is 10.3. The molecule has 0 aliphatic rings. The van der Waals surface area contributed by atoms with E-state index in [4.69, 9.17) is 0 Å². The lowest BCUT2D eigenvalue weighted by Crippen LogP contribution is -2.20. The van der Waals surface area contributed by atoms with Gasteiger partial charge in [-0.25, -0.2) is 0 Å². The minimum atomic E-state index is 0.422. The number of hydrogen-bond acceptors (Lipinski definition) is 12. The first kappa shape index (κ1) is 36.5. The lowest BCUT2D eigenvalue weighted by Gasteiger charge is -2.14. The Morgan fingerprint density at radius 3 is 0.778 bits per heavy atom. The van der Waals surface area contributed by atoms with Crippen molar-refractivity contribution in [2.24, 2.45) is 0 Å². The monoisotopic (exact) mass is 765 g/mol. The van der Waals surface area contributed by atoms with Gasteiger partial charge in [0.1, 0.15) is 0 Å². The number of rotatable bonds is 18. The molecule has 12 heteroatoms. The van der Waals surface area contributed by atoms with Crippen molar-refractivity contribution in [3.05, 3.63) is 164 Å². The Bertz CT molecular complexity index is 1900. The van der Waals surface area contributed by atoms with E-state index in [1.54, 1.807) is 35.3 Å². The molecule has 0 fully saturated rings. The lowest BCUT2D eigenvalue weighted by molar-refractivity contribution is 0.989. The molecule has 0 aliphatic heterocycles. The van der Waals surface area contributed by atoms with Crippen molar-refractivity contribution < 1.29 is 0 Å². The first-order valence-corrected chi connectivity index (χ1v) is 19.8. The number of aromatic nitrogens is 3. The van der Waals surface area contributed by atoms with Crippen LogP contribution in [0.4, 0.5) is 34.9 Å². The van der Waals surface area contributed by atoms with E-state index in [2.05, 4.69) is 192 Å². The zero-order chi connectivity index (χ0) is 36.6. The zero-order valence-corrected chi connectivity index (χ0v) is 31.7. The second-order valence-corrected chi connectivity index (χ2v) is 15.2. The first-order valence-electron chi connectivity index (χ1n) is 17.4. The van der Waals surface area contributed by atoms with E-state index in [-0.39, 0.29) is 0 Å². The Hall–Kier alpha value is -5.82. The molecule has 7 rings (SSSR count). The molecule has 54 heavy (non-hydrogen) atoms. The van der Waals surface area contributed by atoms with Crippen LogP contribution in [0.2, 0.25) is 0 Å². The molecular formula is C42H39N9S3. The predicted octanol–water partition coefficient (Wildman–Crippen LogP) is 10.8. The van der Waals surface area contributed by atoms with Gasteiger partial charge in [0, 0.05) is 46.4 Å². The molecule has 0 unspecified atom stereocenters. The molecule has 0 spiro atoms. The second-order valence-electron chi connectivity index (χ2n) is 11.7. The van der Waals surface area contributed by atoms with Gasteiger partial charge in [-0.2, -0.15) is 15.0 Å². The van der Waals surface area contributed by atoms with Gasteiger partial charge in [-0.1, -0.05) is 89.9 Å². The highest BCUT2D eigenvalue weighted by atomic mass is 32.2. The van der Waals surface area contributed by atoms with Crippen LogP contribution in [0.15, 0.2) is 193 Å². The van der Waals surface area contributed by atoms with Crippen LogP contribution in [-0.4, -0.2) is 35.0 Å². The van der Waals surface area contributed by atoms with Gasteiger partial charge in [0.25, 0.3) is 0 Å². The Labute approximate surface area is 328 Å². The quantitative estimate of drug-likeness (QED) is 0.0468. The van der Waals surface area contributed by atoms with Crippen LogP contribution in [0.3, 0.4) is 0 Å². The molecule has 0 aliphatic carbocycles. The van der Waals surface area contributed by atoms with Crippen molar-refractivity contribution in [2.45, 2.75) is 29.4 Å². The van der Waals surface area contributed by atoms with Crippen LogP contribution in [0.5, 0.6) is 0 Å². The summed E-state index contributed by atoms with van der Waals surface area (Å²) in [5, 5.41) is 20.1. The van der Waals surface area contributed by atoms with Crippen LogP contribution in [0.25, 0.3) is 0 Å². The largest absolute Gasteiger partial charge is 0.368 e. The summed E-state index contributed by atoms with van der Waals surface area (Å²) in [6.07, 6.45) is 0. The summed E-state index contributed by atoms with van der Waals surface area (Å²) >= 11 is 5.20. The summed E-state index contributed by atoms with van der Waals surface area (Å²) in [7, 11) is 0. The molecule has 6 aromatic carbocycles. The smallest absolute Gasteiger partial charge is 0.230 e. The van der Waals surface area contributed by atoms with Gasteiger partial charge in [0.15, 0.2) is 0 Å². The van der Waals surface area contributed by atoms with E-state index in [0.29, 0.717) is 37.9 Å². The van der Waals surface area contributed by atoms with E-state index >= 15 is 0 Å². The molecule has 0 atom stereocenters. The summed E-state index contributed by atoms with van der Waals surface area (Å²) < 4.78 is 0. The van der Waals surface area contributed by atoms with Crippen molar-refractivity contribution in [1.82, 2.24) is 15.0 Å². The number of nitrogens with zero attached hydrogens (tertiary/aromatic N) is 3. The normalized spacial score (nSPS) is 10.7. The fraction of sp³-hybridized carbons (Fsp3) is 0.0714. The summed E-state index contributed by atoms with van der Waals surface area (Å²) in [4.78, 5) is 21.1. The number of nitrogens with one attached hydrogen (secondary N) is 6. The minimum absolute atomic E-state index is 0.422. The maximum absolute atomic E-state index is 4.63. The Kier molecular flexibility index (Phi) is 13.1. The molecule has 0 radical (unpaired) electrons. The molecule has 0 saturated heterocycles. The SMILES string of the molecule is c1ccc(Sc2ccc(NCNc3nc(NCNc4ccc(Sc5ccccc5)cc4)nc(NCNc4ccc(Sc5ccccc5)cc4)n3)cc2)cc1. The van der Waals surface area contributed by atoms with Gasteiger partial charge < -0.3 is 31.9 Å². The second kappa shape index (κ2) is 19.3. The molecule has 6 N–H and O–H groups in total. The van der Waals surface area contributed by atoms with Crippen molar-refractivity contribution in [3.8, 4) is 0 Å². The van der Waals surface area contributed by atoms with Crippen LogP contribution < -0.4 is 31.9 Å². The van der Waals surface area contributed by atoms with Crippen LogP contribution in [0.1, 0.15) is 0 Å². The Morgan fingerprint density at radius 1 is 0.278 bits per heavy atom. The minimum Gasteiger partial charge on any atom is -0.368 e. The third kappa shape index (κ3) is 11.6. The molecule has 0 bridgehead atoms. The maximum Gasteiger partial charge on any atom is 0.230 e. The van der Waals surface area contributed by atoms with E-state index < -0.39 is 0 Å². The van der Waals surface area contributed by atoms with Crippen molar-refractivity contribution in [2.75, 3.05) is 51.9 Å². The van der Waals surface area contributed by atoms with Gasteiger partial charge in [0.05, 0.1) is 20.0 Å². The average molecular weight is 766 g/mol. The van der Waals surface area contributed by atoms with E-state index in [1.807, 2.05) is 18.2 Å². The van der Waals surface area contributed by atoms with Crippen LogP contribution in [-0.2, 0) is 0 Å². The zero-order valence-electron chi connectivity index (χ0n) is 29.3. The van der Waals surface area contributed by atoms with E-state index in [1.165, 1.54) is 29.4 Å². The number of anilines is 6. The van der Waals surface area contributed by atoms with Crippen LogP contribution in [0, 0.1) is 0 Å². The third-order valence-corrected chi connectivity index (χ3v) is 10.8. The van der Waals surface area contributed by atoms with Crippen molar-refractivity contribution in [3.63, 3.8) is 0 Å². The van der Waals surface area contributed by atoms with Gasteiger partial charge >= 0.3 is 0 Å². The highest BCUT2D eigenvalue weighted by molar-refractivity contribution is 7.99. The molecular weight excluding hydrogens is 727 g/mol. The summed E-state index contributed by atoms with van der Waals surface area (Å²) in [6.45, 7) is 1.27. The highest BCUT2D eigenvalue weighted by Gasteiger charge is 2.08. The summed E-state index contributed by atoms with van der Waals surface area (Å²) in [5.74, 6) is 1.30. The van der Waals surface area contributed by atoms with Gasteiger partial charge in [0.2, 0.25) is 17.8 Å². The third-order valence-electron chi connectivity index (χ3n) is 7.75. The van der Waals surface area contributed by atoms with Crippen molar-refractivity contribution in [1.29, 1.82) is 0 Å². The molecule has 9 nitrogen and oxygen atoms in total. The summed E-state index contributed by atoms with van der Waals surface area (Å²) in [6, 6.07) is 56.1. The summed E-state index contributed by atoms with van der Waals surface area (Å²) in [5.41, 5.74) is 2.96. The maximum atomic E-state index is 4.63. The molecule has 0 saturated carbocycles. The van der Waals surface area contributed by atoms with Crippen LogP contribution >= 0.6 is 35.3 Å². The Morgan fingerprint density at radius 2 is 0.519 bits per heavy atom. The van der Waals surface area contributed by atoms with Crippen molar-refractivity contribution >= 4 is 70.2 Å². The Balaban J connectivity index is 0.944. The van der Waals surface area contributed by atoms with Gasteiger partial charge in [-0.05, 0) is 109 Å². The molecule has 1 heterocycles. The predicted molar refractivity (Wildman–Crippen MR) is 227 cm³/mol. The molecule has 0 amide bonds. The van der Waals surface area contributed by atoms with E-state index in [9.17, 15) is 0 Å². The number of hydrogen-bond donors (Lipinski definition) is 6. The fourth-order valence-electron chi connectivity index (χ4n) is 5.09. The molecule has 1 aromatic heterocycles. The fourth-order valence-corrected chi connectivity index (χ4v) is 7.60. The highest BCUT2D eigenvalue weighted by Crippen LogP contribution is 2.30. The molecule has 7 aromatic rings. The standard InChI is InChI=1S/C42H39N9S3/c1-4-10-34(11-5-1)52-37-22-16-31(17-23-37)43-28-46-40-49-41(47-29-44-32-18-24-38(25-19-32)53-35-12-6-2-7-13-35)51-42(50-40)48-30-45-33-20-26-39(27-21-33)54-36-14-8-3-9-15-36/h1-27,43-45H,28-30H2,(H3,46,47,48,49,50,51). The van der Waals surface area contributed by atoms with Gasteiger partial charge in [-0.15, -0.1) is 0 Å². The molecule has 270 valence electrons. The van der Waals surface area contributed by atoms with E-state index in [0.717, 1.165) is 17.1 Å². The topological polar surface area (TPSA) is 111 Å². The number of benzene rings is 6. The first-order chi connectivity index (χ1) is 26.7. The van der Waals surface area contributed by atoms with Gasteiger partial charge in [-0.3, -0.25) is 0 Å². The average Bonchev–Trinajstić information content (AvgIpc) is 3.21.